The fourth-order valence-corrected chi connectivity index (χ4v) is 3.43. The van der Waals surface area contributed by atoms with Crippen LogP contribution in [-0.2, 0) is 10.3 Å². The highest BCUT2D eigenvalue weighted by Gasteiger charge is 2.56. The molecule has 2 aliphatic heterocycles. The Kier molecular flexibility index (Phi) is 4.21. The Bertz CT molecular complexity index is 679. The summed E-state index contributed by atoms with van der Waals surface area (Å²) in [5, 5.41) is 2.80. The third-order valence-corrected chi connectivity index (χ3v) is 4.49. The van der Waals surface area contributed by atoms with Gasteiger partial charge in [-0.05, 0) is 52.2 Å². The van der Waals surface area contributed by atoms with Crippen LogP contribution in [0.2, 0.25) is 0 Å². The summed E-state index contributed by atoms with van der Waals surface area (Å²) in [6, 6.07) is 3.66. The Morgan fingerprint density at radius 3 is 2.88 bits per heavy atom. The molecule has 0 saturated carbocycles. The van der Waals surface area contributed by atoms with Gasteiger partial charge in [0.05, 0.1) is 6.10 Å². The van der Waals surface area contributed by atoms with Crippen LogP contribution in [0.15, 0.2) is 18.2 Å². The monoisotopic (exact) mass is 335 g/mol. The number of imide groups is 1. The maximum Gasteiger partial charge on any atom is 0.325 e. The average molecular weight is 335 g/mol. The lowest BCUT2D eigenvalue weighted by Crippen LogP contribution is -2.50. The van der Waals surface area contributed by atoms with E-state index in [4.69, 9.17) is 4.74 Å². The van der Waals surface area contributed by atoms with Crippen LogP contribution in [0.25, 0.3) is 0 Å². The SMILES string of the molecule is CC1CC2(NC(=O)N(CCCN(C)C)C2=O)c2cc(F)ccc2O1. The molecule has 3 amide bonds. The number of halogens is 1. The number of fused-ring (bicyclic) bond motifs is 2. The van der Waals surface area contributed by atoms with Crippen molar-refractivity contribution in [3.8, 4) is 5.75 Å². The van der Waals surface area contributed by atoms with Crippen molar-refractivity contribution in [2.45, 2.75) is 31.4 Å². The van der Waals surface area contributed by atoms with Gasteiger partial charge in [-0.25, -0.2) is 9.18 Å². The molecule has 2 atom stereocenters. The van der Waals surface area contributed by atoms with Gasteiger partial charge < -0.3 is 15.0 Å². The van der Waals surface area contributed by atoms with E-state index in [2.05, 4.69) is 5.32 Å². The molecular formula is C17H22FN3O3. The standard InChI is InChI=1S/C17H22FN3O3/c1-11-10-17(13-9-12(18)5-6-14(13)24-11)15(22)21(16(23)19-17)8-4-7-20(2)3/h5-6,9,11H,4,7-8,10H2,1-3H3,(H,19,23). The molecule has 130 valence electrons. The van der Waals surface area contributed by atoms with E-state index in [9.17, 15) is 14.0 Å². The Balaban J connectivity index is 1.92. The van der Waals surface area contributed by atoms with Crippen molar-refractivity contribution >= 4 is 11.9 Å². The smallest absolute Gasteiger partial charge is 0.325 e. The van der Waals surface area contributed by atoms with Crippen LogP contribution in [0.4, 0.5) is 9.18 Å². The van der Waals surface area contributed by atoms with Crippen molar-refractivity contribution in [3.63, 3.8) is 0 Å². The summed E-state index contributed by atoms with van der Waals surface area (Å²) in [6.07, 6.45) is 0.719. The van der Waals surface area contributed by atoms with Gasteiger partial charge in [0.15, 0.2) is 5.54 Å². The molecule has 0 bridgehead atoms. The molecule has 7 heteroatoms. The first-order valence-corrected chi connectivity index (χ1v) is 8.09. The lowest BCUT2D eigenvalue weighted by atomic mass is 9.82. The van der Waals surface area contributed by atoms with Crippen LogP contribution in [0, 0.1) is 5.82 Å². The molecule has 1 saturated heterocycles. The van der Waals surface area contributed by atoms with Gasteiger partial charge in [-0.3, -0.25) is 9.69 Å². The first kappa shape index (κ1) is 16.7. The van der Waals surface area contributed by atoms with E-state index in [1.807, 2.05) is 25.9 Å². The van der Waals surface area contributed by atoms with Gasteiger partial charge in [-0.1, -0.05) is 0 Å². The molecular weight excluding hydrogens is 313 g/mol. The Morgan fingerprint density at radius 2 is 2.17 bits per heavy atom. The van der Waals surface area contributed by atoms with Crippen LogP contribution in [0.5, 0.6) is 5.75 Å². The molecule has 0 radical (unpaired) electrons. The highest BCUT2D eigenvalue weighted by molar-refractivity contribution is 6.08. The van der Waals surface area contributed by atoms with Gasteiger partial charge in [0, 0.05) is 18.5 Å². The van der Waals surface area contributed by atoms with Crippen molar-refractivity contribution < 1.29 is 18.7 Å². The van der Waals surface area contributed by atoms with Crippen LogP contribution < -0.4 is 10.1 Å². The fourth-order valence-electron chi connectivity index (χ4n) is 3.43. The summed E-state index contributed by atoms with van der Waals surface area (Å²) in [5.41, 5.74) is -0.835. The van der Waals surface area contributed by atoms with E-state index in [1.54, 1.807) is 0 Å². The third-order valence-electron chi connectivity index (χ3n) is 4.49. The lowest BCUT2D eigenvalue weighted by molar-refractivity contribution is -0.133. The number of hydrogen-bond donors (Lipinski definition) is 1. The number of hydrogen-bond acceptors (Lipinski definition) is 4. The molecule has 2 heterocycles. The minimum Gasteiger partial charge on any atom is -0.490 e. The third kappa shape index (κ3) is 2.73. The van der Waals surface area contributed by atoms with Crippen molar-refractivity contribution in [2.75, 3.05) is 27.2 Å². The number of ether oxygens (including phenoxy) is 1. The summed E-state index contributed by atoms with van der Waals surface area (Å²) in [4.78, 5) is 28.6. The molecule has 2 aliphatic rings. The quantitative estimate of drug-likeness (QED) is 0.851. The topological polar surface area (TPSA) is 61.9 Å². The van der Waals surface area contributed by atoms with Crippen molar-refractivity contribution in [2.24, 2.45) is 0 Å². The number of carbonyl (C=O) groups is 2. The highest BCUT2D eigenvalue weighted by Crippen LogP contribution is 2.43. The second-order valence-electron chi connectivity index (χ2n) is 6.72. The van der Waals surface area contributed by atoms with Gasteiger partial charge in [0.25, 0.3) is 5.91 Å². The number of urea groups is 1. The first-order valence-electron chi connectivity index (χ1n) is 8.09. The van der Waals surface area contributed by atoms with Crippen molar-refractivity contribution in [3.05, 3.63) is 29.6 Å². The summed E-state index contributed by atoms with van der Waals surface area (Å²) in [7, 11) is 3.87. The first-order chi connectivity index (χ1) is 11.3. The molecule has 1 N–H and O–H groups in total. The normalized spacial score (nSPS) is 25.9. The van der Waals surface area contributed by atoms with E-state index in [0.717, 1.165) is 6.54 Å². The summed E-state index contributed by atoms with van der Waals surface area (Å²) in [5.74, 6) is -0.341. The second-order valence-corrected chi connectivity index (χ2v) is 6.72. The number of carbonyl (C=O) groups excluding carboxylic acids is 2. The van der Waals surface area contributed by atoms with Crippen molar-refractivity contribution in [1.29, 1.82) is 0 Å². The van der Waals surface area contributed by atoms with Gasteiger partial charge >= 0.3 is 6.03 Å². The summed E-state index contributed by atoms with van der Waals surface area (Å²) >= 11 is 0. The minimum absolute atomic E-state index is 0.256. The molecule has 24 heavy (non-hydrogen) atoms. The van der Waals surface area contributed by atoms with Gasteiger partial charge in [0.1, 0.15) is 11.6 Å². The molecule has 1 aromatic rings. The zero-order valence-corrected chi connectivity index (χ0v) is 14.1. The molecule has 1 fully saturated rings. The molecule has 2 unspecified atom stereocenters. The van der Waals surface area contributed by atoms with E-state index >= 15 is 0 Å². The molecule has 0 aliphatic carbocycles. The zero-order valence-electron chi connectivity index (χ0n) is 14.1. The number of nitrogens with zero attached hydrogens (tertiary/aromatic N) is 2. The van der Waals surface area contributed by atoms with E-state index in [-0.39, 0.29) is 18.4 Å². The molecule has 3 rings (SSSR count). The van der Waals surface area contributed by atoms with Gasteiger partial charge in [0.2, 0.25) is 0 Å². The van der Waals surface area contributed by atoms with Crippen LogP contribution in [-0.4, -0.2) is 55.0 Å². The highest BCUT2D eigenvalue weighted by atomic mass is 19.1. The Morgan fingerprint density at radius 1 is 1.42 bits per heavy atom. The van der Waals surface area contributed by atoms with Gasteiger partial charge in [-0.2, -0.15) is 0 Å². The maximum atomic E-state index is 13.7. The number of amides is 3. The second kappa shape index (κ2) is 6.05. The predicted octanol–water partition coefficient (Wildman–Crippen LogP) is 1.70. The zero-order chi connectivity index (χ0) is 17.5. The van der Waals surface area contributed by atoms with Crippen LogP contribution in [0.3, 0.4) is 0 Å². The summed E-state index contributed by atoms with van der Waals surface area (Å²) in [6.45, 7) is 2.95. The van der Waals surface area contributed by atoms with E-state index in [1.165, 1.54) is 23.1 Å². The largest absolute Gasteiger partial charge is 0.490 e. The minimum atomic E-state index is -1.23. The number of benzene rings is 1. The Hall–Kier alpha value is -2.15. The van der Waals surface area contributed by atoms with Gasteiger partial charge in [-0.15, -0.1) is 0 Å². The molecule has 6 nitrogen and oxygen atoms in total. The molecule has 1 aromatic carbocycles. The Labute approximate surface area is 140 Å². The predicted molar refractivity (Wildman–Crippen MR) is 86.2 cm³/mol. The average Bonchev–Trinajstić information content (AvgIpc) is 2.72. The fraction of sp³-hybridized carbons (Fsp3) is 0.529. The number of nitrogens with one attached hydrogen (secondary N) is 1. The molecule has 1 spiro atoms. The number of rotatable bonds is 4. The van der Waals surface area contributed by atoms with E-state index < -0.39 is 17.4 Å². The summed E-state index contributed by atoms with van der Waals surface area (Å²) < 4.78 is 19.5. The van der Waals surface area contributed by atoms with Crippen molar-refractivity contribution in [1.82, 2.24) is 15.1 Å². The van der Waals surface area contributed by atoms with Crippen LogP contribution >= 0.6 is 0 Å². The maximum absolute atomic E-state index is 13.7. The molecule has 0 aromatic heterocycles. The lowest BCUT2D eigenvalue weighted by Gasteiger charge is -2.36. The van der Waals surface area contributed by atoms with E-state index in [0.29, 0.717) is 24.3 Å². The van der Waals surface area contributed by atoms with Crippen LogP contribution in [0.1, 0.15) is 25.3 Å².